The molecule has 2 aromatic carbocycles. The first-order chi connectivity index (χ1) is 14.7. The van der Waals surface area contributed by atoms with Gasteiger partial charge in [-0.3, -0.25) is 9.59 Å². The number of likely N-dealkylation sites (tertiary alicyclic amines) is 1. The van der Waals surface area contributed by atoms with Crippen LogP contribution in [0.2, 0.25) is 0 Å². The van der Waals surface area contributed by atoms with Crippen LogP contribution in [0, 0.1) is 5.92 Å². The van der Waals surface area contributed by atoms with Crippen LogP contribution in [0.5, 0.6) is 5.75 Å². The van der Waals surface area contributed by atoms with Gasteiger partial charge in [0, 0.05) is 38.2 Å². The Bertz CT molecular complexity index is 944. The number of carbonyl (C=O) groups is 2. The average molecular weight is 434 g/mol. The summed E-state index contributed by atoms with van der Waals surface area (Å²) in [6.07, 6.45) is -4.48. The van der Waals surface area contributed by atoms with E-state index in [0.717, 1.165) is 12.1 Å². The Balaban J connectivity index is 1.92. The van der Waals surface area contributed by atoms with E-state index < -0.39 is 23.6 Å². The van der Waals surface area contributed by atoms with Crippen molar-refractivity contribution in [2.24, 2.45) is 5.92 Å². The first-order valence-corrected chi connectivity index (χ1v) is 10.0. The van der Waals surface area contributed by atoms with Gasteiger partial charge in [-0.05, 0) is 42.8 Å². The van der Waals surface area contributed by atoms with Gasteiger partial charge in [0.15, 0.2) is 0 Å². The molecule has 166 valence electrons. The van der Waals surface area contributed by atoms with Crippen molar-refractivity contribution in [3.8, 4) is 5.75 Å². The lowest BCUT2D eigenvalue weighted by Crippen LogP contribution is -2.36. The molecule has 2 atom stereocenters. The predicted octanol–water partition coefficient (Wildman–Crippen LogP) is 4.05. The minimum Gasteiger partial charge on any atom is -0.497 e. The number of methoxy groups -OCH3 is 1. The zero-order valence-electron chi connectivity index (χ0n) is 17.6. The van der Waals surface area contributed by atoms with Gasteiger partial charge in [0.1, 0.15) is 5.75 Å². The number of benzene rings is 2. The van der Waals surface area contributed by atoms with Gasteiger partial charge in [0.25, 0.3) is 5.91 Å². The van der Waals surface area contributed by atoms with Gasteiger partial charge in [0.2, 0.25) is 5.91 Å². The van der Waals surface area contributed by atoms with Gasteiger partial charge in [-0.2, -0.15) is 13.2 Å². The molecule has 0 N–H and O–H groups in total. The van der Waals surface area contributed by atoms with Gasteiger partial charge in [-0.1, -0.05) is 18.2 Å². The molecule has 5 nitrogen and oxygen atoms in total. The van der Waals surface area contributed by atoms with Crippen molar-refractivity contribution in [1.82, 2.24) is 9.80 Å². The summed E-state index contributed by atoms with van der Waals surface area (Å²) in [6.45, 7) is 2.61. The van der Waals surface area contributed by atoms with E-state index in [1.807, 2.05) is 6.92 Å². The smallest absolute Gasteiger partial charge is 0.416 e. The molecule has 0 aromatic heterocycles. The van der Waals surface area contributed by atoms with E-state index in [-0.39, 0.29) is 24.9 Å². The number of amides is 2. The Morgan fingerprint density at radius 1 is 1.13 bits per heavy atom. The summed E-state index contributed by atoms with van der Waals surface area (Å²) in [7, 11) is 3.18. The Morgan fingerprint density at radius 2 is 1.81 bits per heavy atom. The molecular weight excluding hydrogens is 409 g/mol. The Labute approximate surface area is 179 Å². The summed E-state index contributed by atoms with van der Waals surface area (Å²) in [5, 5.41) is 0. The maximum Gasteiger partial charge on any atom is 0.416 e. The first kappa shape index (κ1) is 22.7. The average Bonchev–Trinajstić information content (AvgIpc) is 3.22. The van der Waals surface area contributed by atoms with Gasteiger partial charge in [0.05, 0.1) is 18.6 Å². The molecular formula is C23H25F3N2O3. The minimum absolute atomic E-state index is 0.148. The van der Waals surface area contributed by atoms with Crippen molar-refractivity contribution in [3.63, 3.8) is 0 Å². The summed E-state index contributed by atoms with van der Waals surface area (Å²) in [5.74, 6) is -0.983. The molecule has 1 fully saturated rings. The second kappa shape index (κ2) is 8.99. The topological polar surface area (TPSA) is 49.9 Å². The van der Waals surface area contributed by atoms with Crippen LogP contribution in [-0.4, -0.2) is 55.4 Å². The highest BCUT2D eigenvalue weighted by Crippen LogP contribution is 2.37. The molecule has 31 heavy (non-hydrogen) atoms. The van der Waals surface area contributed by atoms with Crippen molar-refractivity contribution >= 4 is 11.8 Å². The molecule has 1 heterocycles. The Hall–Kier alpha value is -3.03. The molecule has 0 saturated carbocycles. The Morgan fingerprint density at radius 3 is 2.39 bits per heavy atom. The van der Waals surface area contributed by atoms with Crippen LogP contribution in [-0.2, 0) is 11.0 Å². The standard InChI is InChI=1S/C23H25F3N2O3/c1-4-27(2)22(30)20-14-28(21(29)15-8-10-18(31-3)11-9-15)13-19(20)16-6-5-7-17(12-16)23(24,25)26/h5-12,19-20H,4,13-14H2,1-3H3/t19-,20+/m0/s1. The van der Waals surface area contributed by atoms with Gasteiger partial charge in [-0.25, -0.2) is 0 Å². The molecule has 3 rings (SSSR count). The number of halogens is 3. The lowest BCUT2D eigenvalue weighted by molar-refractivity contribution is -0.137. The van der Waals surface area contributed by atoms with E-state index in [9.17, 15) is 22.8 Å². The highest BCUT2D eigenvalue weighted by molar-refractivity contribution is 5.95. The third-order valence-corrected chi connectivity index (χ3v) is 5.75. The molecule has 0 aliphatic carbocycles. The highest BCUT2D eigenvalue weighted by atomic mass is 19.4. The molecule has 2 amide bonds. The molecule has 0 spiro atoms. The van der Waals surface area contributed by atoms with E-state index >= 15 is 0 Å². The summed E-state index contributed by atoms with van der Waals surface area (Å²) < 4.78 is 44.8. The molecule has 0 bridgehead atoms. The molecule has 0 unspecified atom stereocenters. The lowest BCUT2D eigenvalue weighted by atomic mass is 9.87. The monoisotopic (exact) mass is 434 g/mol. The summed E-state index contributed by atoms with van der Waals surface area (Å²) in [4.78, 5) is 29.1. The van der Waals surface area contributed by atoms with Gasteiger partial charge >= 0.3 is 6.18 Å². The van der Waals surface area contributed by atoms with Crippen molar-refractivity contribution < 1.29 is 27.5 Å². The second-order valence-corrected chi connectivity index (χ2v) is 7.63. The molecule has 8 heteroatoms. The van der Waals surface area contributed by atoms with Crippen LogP contribution in [0.1, 0.15) is 34.3 Å². The SMILES string of the molecule is CCN(C)C(=O)[C@@H]1CN(C(=O)c2ccc(OC)cc2)C[C@H]1c1cccc(C(F)(F)F)c1. The minimum atomic E-state index is -4.48. The first-order valence-electron chi connectivity index (χ1n) is 10.0. The van der Waals surface area contributed by atoms with E-state index in [4.69, 9.17) is 4.74 Å². The van der Waals surface area contributed by atoms with E-state index in [0.29, 0.717) is 23.4 Å². The third kappa shape index (κ3) is 4.84. The maximum atomic E-state index is 13.2. The fraction of sp³-hybridized carbons (Fsp3) is 0.391. The molecule has 1 saturated heterocycles. The van der Waals surface area contributed by atoms with Crippen molar-refractivity contribution in [2.75, 3.05) is 33.8 Å². The number of hydrogen-bond acceptors (Lipinski definition) is 3. The Kier molecular flexibility index (Phi) is 6.57. The predicted molar refractivity (Wildman–Crippen MR) is 110 cm³/mol. The number of nitrogens with zero attached hydrogens (tertiary/aromatic N) is 2. The normalized spacial score (nSPS) is 18.7. The van der Waals surface area contributed by atoms with Crippen LogP contribution < -0.4 is 4.74 Å². The fourth-order valence-electron chi connectivity index (χ4n) is 3.86. The van der Waals surface area contributed by atoms with Gasteiger partial charge in [-0.15, -0.1) is 0 Å². The van der Waals surface area contributed by atoms with Crippen LogP contribution >= 0.6 is 0 Å². The third-order valence-electron chi connectivity index (χ3n) is 5.75. The van der Waals surface area contributed by atoms with Gasteiger partial charge < -0.3 is 14.5 Å². The van der Waals surface area contributed by atoms with E-state index in [2.05, 4.69) is 0 Å². The van der Waals surface area contributed by atoms with Crippen molar-refractivity contribution in [3.05, 3.63) is 65.2 Å². The lowest BCUT2D eigenvalue weighted by Gasteiger charge is -2.23. The van der Waals surface area contributed by atoms with Crippen molar-refractivity contribution in [1.29, 1.82) is 0 Å². The quantitative estimate of drug-likeness (QED) is 0.714. The second-order valence-electron chi connectivity index (χ2n) is 7.63. The number of alkyl halides is 3. The number of ether oxygens (including phenoxy) is 1. The van der Waals surface area contributed by atoms with Crippen LogP contribution in [0.4, 0.5) is 13.2 Å². The van der Waals surface area contributed by atoms with Crippen LogP contribution in [0.25, 0.3) is 0 Å². The molecule has 1 aliphatic heterocycles. The number of rotatable bonds is 5. The molecule has 1 aliphatic rings. The highest BCUT2D eigenvalue weighted by Gasteiger charge is 2.42. The number of carbonyl (C=O) groups excluding carboxylic acids is 2. The number of hydrogen-bond donors (Lipinski definition) is 0. The van der Waals surface area contributed by atoms with Crippen LogP contribution in [0.15, 0.2) is 48.5 Å². The largest absolute Gasteiger partial charge is 0.497 e. The fourth-order valence-corrected chi connectivity index (χ4v) is 3.86. The summed E-state index contributed by atoms with van der Waals surface area (Å²) in [5.41, 5.74) is 0.0724. The van der Waals surface area contributed by atoms with Crippen LogP contribution in [0.3, 0.4) is 0 Å². The zero-order valence-corrected chi connectivity index (χ0v) is 17.6. The molecule has 2 aromatic rings. The van der Waals surface area contributed by atoms with E-state index in [1.165, 1.54) is 18.1 Å². The van der Waals surface area contributed by atoms with E-state index in [1.54, 1.807) is 42.3 Å². The summed E-state index contributed by atoms with van der Waals surface area (Å²) >= 11 is 0. The zero-order chi connectivity index (χ0) is 22.8. The maximum absolute atomic E-state index is 13.2. The summed E-state index contributed by atoms with van der Waals surface area (Å²) in [6, 6.07) is 11.6. The van der Waals surface area contributed by atoms with Crippen molar-refractivity contribution in [2.45, 2.75) is 19.0 Å². The molecule has 0 radical (unpaired) electrons.